The van der Waals surface area contributed by atoms with Crippen LogP contribution in [0.15, 0.2) is 11.6 Å². The quantitative estimate of drug-likeness (QED) is 0.634. The Morgan fingerprint density at radius 2 is 2.00 bits per heavy atom. The van der Waals surface area contributed by atoms with Crippen LogP contribution < -0.4 is 5.32 Å². The van der Waals surface area contributed by atoms with E-state index in [-0.39, 0.29) is 12.5 Å². The minimum atomic E-state index is -0.702. The number of aliphatic hydroxyl groups is 1. The Kier molecular flexibility index (Phi) is 3.96. The van der Waals surface area contributed by atoms with E-state index < -0.39 is 11.1 Å². The van der Waals surface area contributed by atoms with E-state index in [9.17, 15) is 10.0 Å². The van der Waals surface area contributed by atoms with Gasteiger partial charge in [-0.2, -0.15) is 5.06 Å². The fourth-order valence-electron chi connectivity index (χ4n) is 2.15. The largest absolute Gasteiger partial charge is 0.396 e. The summed E-state index contributed by atoms with van der Waals surface area (Å²) in [7, 11) is 0. The molecule has 17 heavy (non-hydrogen) atoms. The molecule has 0 aromatic carbocycles. The molecule has 0 fully saturated rings. The van der Waals surface area contributed by atoms with E-state index in [1.165, 1.54) is 5.06 Å². The van der Waals surface area contributed by atoms with Crippen LogP contribution in [0.4, 0.5) is 0 Å². The molecule has 98 valence electrons. The zero-order chi connectivity index (χ0) is 13.3. The summed E-state index contributed by atoms with van der Waals surface area (Å²) in [6, 6.07) is 0. The number of amides is 1. The molecule has 5 heteroatoms. The first-order valence-electron chi connectivity index (χ1n) is 5.85. The molecule has 0 saturated carbocycles. The summed E-state index contributed by atoms with van der Waals surface area (Å²) in [4.78, 5) is 12.0. The average Bonchev–Trinajstić information content (AvgIpc) is 2.39. The minimum Gasteiger partial charge on any atom is -0.396 e. The monoisotopic (exact) mass is 242 g/mol. The molecular formula is C12H22N2O3. The van der Waals surface area contributed by atoms with Crippen LogP contribution in [-0.2, 0) is 4.79 Å². The number of rotatable bonds is 4. The molecule has 0 unspecified atom stereocenters. The lowest BCUT2D eigenvalue weighted by Crippen LogP contribution is -2.49. The molecule has 3 N–H and O–H groups in total. The molecular weight excluding hydrogens is 220 g/mol. The second-order valence-electron chi connectivity index (χ2n) is 5.42. The SMILES string of the molecule is CC1(C)C=C(C(=O)NCCCO)C(C)(C)N1O. The van der Waals surface area contributed by atoms with Gasteiger partial charge in [0.1, 0.15) is 0 Å². The van der Waals surface area contributed by atoms with Crippen LogP contribution in [0, 0.1) is 0 Å². The number of carbonyl (C=O) groups is 1. The Morgan fingerprint density at radius 1 is 1.41 bits per heavy atom. The van der Waals surface area contributed by atoms with Crippen molar-refractivity contribution >= 4 is 5.91 Å². The van der Waals surface area contributed by atoms with Crippen molar-refractivity contribution in [3.63, 3.8) is 0 Å². The Balaban J connectivity index is 2.79. The molecule has 1 heterocycles. The Bertz CT molecular complexity index is 335. The van der Waals surface area contributed by atoms with E-state index in [4.69, 9.17) is 5.11 Å². The third-order valence-corrected chi connectivity index (χ3v) is 3.10. The molecule has 0 atom stereocenters. The molecule has 5 nitrogen and oxygen atoms in total. The van der Waals surface area contributed by atoms with Crippen LogP contribution in [-0.4, -0.2) is 45.5 Å². The van der Waals surface area contributed by atoms with E-state index in [2.05, 4.69) is 5.32 Å². The standard InChI is InChI=1S/C12H22N2O3/c1-11(2)8-9(12(3,4)14(11)17)10(16)13-6-5-7-15/h8,15,17H,5-7H2,1-4H3,(H,13,16). The minimum absolute atomic E-state index is 0.0559. The predicted octanol–water partition coefficient (Wildman–Crippen LogP) is 0.673. The molecule has 0 aliphatic carbocycles. The van der Waals surface area contributed by atoms with Gasteiger partial charge in [0.15, 0.2) is 0 Å². The van der Waals surface area contributed by atoms with Crippen molar-refractivity contribution in [1.82, 2.24) is 10.4 Å². The summed E-state index contributed by atoms with van der Waals surface area (Å²) < 4.78 is 0. The van der Waals surface area contributed by atoms with Crippen LogP contribution in [0.25, 0.3) is 0 Å². The Hall–Kier alpha value is -0.910. The second kappa shape index (κ2) is 4.76. The molecule has 0 radical (unpaired) electrons. The maximum Gasteiger partial charge on any atom is 0.248 e. The molecule has 1 aliphatic rings. The number of hydrogen-bond acceptors (Lipinski definition) is 4. The summed E-state index contributed by atoms with van der Waals surface area (Å²) in [6.07, 6.45) is 2.31. The highest BCUT2D eigenvalue weighted by Crippen LogP contribution is 2.38. The average molecular weight is 242 g/mol. The fraction of sp³-hybridized carbons (Fsp3) is 0.750. The van der Waals surface area contributed by atoms with E-state index in [0.29, 0.717) is 18.5 Å². The van der Waals surface area contributed by atoms with Crippen molar-refractivity contribution < 1.29 is 15.1 Å². The van der Waals surface area contributed by atoms with Crippen molar-refractivity contribution in [3.8, 4) is 0 Å². The molecule has 1 amide bonds. The highest BCUT2D eigenvalue weighted by atomic mass is 16.5. The summed E-state index contributed by atoms with van der Waals surface area (Å²) in [6.45, 7) is 7.80. The molecule has 0 saturated heterocycles. The number of nitrogens with zero attached hydrogens (tertiary/aromatic N) is 1. The van der Waals surface area contributed by atoms with Crippen molar-refractivity contribution in [3.05, 3.63) is 11.6 Å². The second-order valence-corrected chi connectivity index (χ2v) is 5.42. The maximum absolute atomic E-state index is 12.0. The van der Waals surface area contributed by atoms with Gasteiger partial charge in [-0.25, -0.2) is 0 Å². The number of carbonyl (C=O) groups excluding carboxylic acids is 1. The molecule has 0 bridgehead atoms. The van der Waals surface area contributed by atoms with Gasteiger partial charge in [-0.3, -0.25) is 4.79 Å². The highest BCUT2D eigenvalue weighted by molar-refractivity contribution is 5.96. The van der Waals surface area contributed by atoms with Crippen molar-refractivity contribution in [1.29, 1.82) is 0 Å². The van der Waals surface area contributed by atoms with Gasteiger partial charge in [-0.1, -0.05) is 6.08 Å². The lowest BCUT2D eigenvalue weighted by Gasteiger charge is -2.35. The maximum atomic E-state index is 12.0. The number of nitrogens with one attached hydrogen (secondary N) is 1. The highest BCUT2D eigenvalue weighted by Gasteiger charge is 2.47. The van der Waals surface area contributed by atoms with Crippen molar-refractivity contribution in [2.75, 3.05) is 13.2 Å². The summed E-state index contributed by atoms with van der Waals surface area (Å²) in [5.41, 5.74) is -0.692. The molecule has 0 spiro atoms. The topological polar surface area (TPSA) is 72.8 Å². The van der Waals surface area contributed by atoms with E-state index >= 15 is 0 Å². The molecule has 0 aromatic heterocycles. The number of aliphatic hydroxyl groups excluding tert-OH is 1. The zero-order valence-electron chi connectivity index (χ0n) is 10.9. The lowest BCUT2D eigenvalue weighted by molar-refractivity contribution is -0.186. The summed E-state index contributed by atoms with van der Waals surface area (Å²) in [5, 5.41) is 22.6. The van der Waals surface area contributed by atoms with Crippen LogP contribution >= 0.6 is 0 Å². The first-order valence-corrected chi connectivity index (χ1v) is 5.85. The first kappa shape index (κ1) is 14.2. The van der Waals surface area contributed by atoms with Gasteiger partial charge in [-0.05, 0) is 34.1 Å². The number of hydroxylamine groups is 2. The lowest BCUT2D eigenvalue weighted by atomic mass is 9.96. The van der Waals surface area contributed by atoms with Gasteiger partial charge >= 0.3 is 0 Å². The summed E-state index contributed by atoms with van der Waals surface area (Å²) in [5.74, 6) is -0.187. The Labute approximate surface area is 102 Å². The molecule has 1 rings (SSSR count). The normalized spacial score (nSPS) is 22.4. The van der Waals surface area contributed by atoms with E-state index in [0.717, 1.165) is 0 Å². The van der Waals surface area contributed by atoms with Gasteiger partial charge in [0, 0.05) is 18.7 Å². The van der Waals surface area contributed by atoms with E-state index in [1.54, 1.807) is 19.9 Å². The van der Waals surface area contributed by atoms with Gasteiger partial charge in [0.25, 0.3) is 0 Å². The van der Waals surface area contributed by atoms with Gasteiger partial charge in [0.2, 0.25) is 5.91 Å². The summed E-state index contributed by atoms with van der Waals surface area (Å²) >= 11 is 0. The zero-order valence-corrected chi connectivity index (χ0v) is 10.9. The van der Waals surface area contributed by atoms with Crippen LogP contribution in [0.2, 0.25) is 0 Å². The molecule has 0 aromatic rings. The van der Waals surface area contributed by atoms with Crippen molar-refractivity contribution in [2.45, 2.75) is 45.2 Å². The van der Waals surface area contributed by atoms with Gasteiger partial charge in [-0.15, -0.1) is 0 Å². The predicted molar refractivity (Wildman–Crippen MR) is 64.6 cm³/mol. The van der Waals surface area contributed by atoms with Gasteiger partial charge < -0.3 is 15.6 Å². The third kappa shape index (κ3) is 2.68. The molecule has 1 aliphatic heterocycles. The van der Waals surface area contributed by atoms with Crippen LogP contribution in [0.3, 0.4) is 0 Å². The first-order chi connectivity index (χ1) is 7.73. The van der Waals surface area contributed by atoms with Crippen LogP contribution in [0.5, 0.6) is 0 Å². The fourth-order valence-corrected chi connectivity index (χ4v) is 2.15. The Morgan fingerprint density at radius 3 is 2.41 bits per heavy atom. The van der Waals surface area contributed by atoms with Gasteiger partial charge in [0.05, 0.1) is 11.1 Å². The van der Waals surface area contributed by atoms with Crippen LogP contribution in [0.1, 0.15) is 34.1 Å². The van der Waals surface area contributed by atoms with E-state index in [1.807, 2.05) is 13.8 Å². The third-order valence-electron chi connectivity index (χ3n) is 3.10. The van der Waals surface area contributed by atoms with Crippen molar-refractivity contribution in [2.24, 2.45) is 0 Å². The number of hydrogen-bond donors (Lipinski definition) is 3. The smallest absolute Gasteiger partial charge is 0.248 e.